The van der Waals surface area contributed by atoms with Gasteiger partial charge in [-0.1, -0.05) is 12.1 Å². The Morgan fingerprint density at radius 3 is 2.89 bits per heavy atom. The minimum Gasteiger partial charge on any atom is -0.506 e. The smallest absolute Gasteiger partial charge is 0.138 e. The van der Waals surface area contributed by atoms with Crippen molar-refractivity contribution in [1.82, 2.24) is 4.98 Å². The predicted octanol–water partition coefficient (Wildman–Crippen LogP) is 2.18. The van der Waals surface area contributed by atoms with E-state index in [2.05, 4.69) is 4.98 Å². The lowest BCUT2D eigenvalue weighted by Crippen LogP contribution is -2.05. The maximum atomic E-state index is 9.50. The molecule has 0 unspecified atom stereocenters. The molecule has 19 heavy (non-hydrogen) atoms. The Balaban J connectivity index is 1.92. The zero-order valence-corrected chi connectivity index (χ0v) is 11.0. The van der Waals surface area contributed by atoms with E-state index in [1.165, 1.54) is 11.8 Å². The van der Waals surface area contributed by atoms with Crippen LogP contribution in [-0.2, 0) is 13.0 Å². The molecule has 0 atom stereocenters. The van der Waals surface area contributed by atoms with E-state index < -0.39 is 0 Å². The third-order valence-electron chi connectivity index (χ3n) is 2.86. The van der Waals surface area contributed by atoms with Crippen LogP contribution in [0.3, 0.4) is 0 Å². The number of pyridine rings is 1. The van der Waals surface area contributed by atoms with Crippen LogP contribution in [0.25, 0.3) is 0 Å². The van der Waals surface area contributed by atoms with Crippen LogP contribution in [0.5, 0.6) is 11.5 Å². The van der Waals surface area contributed by atoms with Gasteiger partial charge in [0.2, 0.25) is 0 Å². The maximum Gasteiger partial charge on any atom is 0.138 e. The molecule has 0 radical (unpaired) electrons. The highest BCUT2D eigenvalue weighted by Crippen LogP contribution is 2.16. The molecule has 0 saturated heterocycles. The number of nitrogens with zero attached hydrogens (tertiary/aromatic N) is 1. The summed E-state index contributed by atoms with van der Waals surface area (Å²) in [6.07, 6.45) is 2.12. The van der Waals surface area contributed by atoms with E-state index >= 15 is 0 Å². The molecule has 0 saturated carbocycles. The van der Waals surface area contributed by atoms with Crippen molar-refractivity contribution in [2.24, 2.45) is 5.73 Å². The van der Waals surface area contributed by atoms with Gasteiger partial charge in [0.25, 0.3) is 0 Å². The average Bonchev–Trinajstić information content (AvgIpc) is 2.41. The highest BCUT2D eigenvalue weighted by atomic mass is 16.5. The van der Waals surface area contributed by atoms with Crippen molar-refractivity contribution in [2.75, 3.05) is 6.61 Å². The van der Waals surface area contributed by atoms with Crippen molar-refractivity contribution >= 4 is 0 Å². The molecule has 4 nitrogen and oxygen atoms in total. The minimum absolute atomic E-state index is 0.144. The van der Waals surface area contributed by atoms with Gasteiger partial charge >= 0.3 is 0 Å². The SMILES string of the molecule is Cc1cccc(OCCc2cc(CN)c(O)cn2)c1. The number of ether oxygens (including phenoxy) is 1. The summed E-state index contributed by atoms with van der Waals surface area (Å²) in [6.45, 7) is 2.88. The number of hydrogen-bond acceptors (Lipinski definition) is 4. The van der Waals surface area contributed by atoms with Crippen LogP contribution in [0.15, 0.2) is 36.5 Å². The Morgan fingerprint density at radius 2 is 2.16 bits per heavy atom. The Kier molecular flexibility index (Phi) is 4.36. The molecule has 1 aromatic carbocycles. The van der Waals surface area contributed by atoms with E-state index in [1.807, 2.05) is 37.3 Å². The Labute approximate surface area is 112 Å². The van der Waals surface area contributed by atoms with E-state index in [1.54, 1.807) is 0 Å². The number of nitrogens with two attached hydrogens (primary N) is 1. The van der Waals surface area contributed by atoms with Crippen LogP contribution >= 0.6 is 0 Å². The third kappa shape index (κ3) is 3.69. The summed E-state index contributed by atoms with van der Waals surface area (Å²) in [5.74, 6) is 1.00. The van der Waals surface area contributed by atoms with Crippen molar-refractivity contribution in [3.63, 3.8) is 0 Å². The van der Waals surface area contributed by atoms with Crippen molar-refractivity contribution in [3.05, 3.63) is 53.3 Å². The predicted molar refractivity (Wildman–Crippen MR) is 74.2 cm³/mol. The molecule has 0 aliphatic rings. The van der Waals surface area contributed by atoms with Crippen LogP contribution in [-0.4, -0.2) is 16.7 Å². The number of rotatable bonds is 5. The van der Waals surface area contributed by atoms with Crippen LogP contribution in [0.1, 0.15) is 16.8 Å². The van der Waals surface area contributed by atoms with Crippen LogP contribution in [0.4, 0.5) is 0 Å². The molecule has 1 aromatic heterocycles. The molecule has 0 spiro atoms. The standard InChI is InChI=1S/C15H18N2O2/c1-11-3-2-4-14(7-11)19-6-5-13-8-12(9-16)15(18)10-17-13/h2-4,7-8,10,18H,5-6,9,16H2,1H3. The normalized spacial score (nSPS) is 10.4. The van der Waals surface area contributed by atoms with Gasteiger partial charge in [0.05, 0.1) is 12.8 Å². The van der Waals surface area contributed by atoms with E-state index in [9.17, 15) is 5.11 Å². The quantitative estimate of drug-likeness (QED) is 0.862. The lowest BCUT2D eigenvalue weighted by molar-refractivity contribution is 0.320. The fraction of sp³-hybridized carbons (Fsp3) is 0.267. The number of aromatic hydroxyl groups is 1. The second-order valence-corrected chi connectivity index (χ2v) is 4.42. The number of aryl methyl sites for hydroxylation is 1. The fourth-order valence-corrected chi connectivity index (χ4v) is 1.82. The second kappa shape index (κ2) is 6.20. The van der Waals surface area contributed by atoms with Gasteiger partial charge in [-0.2, -0.15) is 0 Å². The monoisotopic (exact) mass is 258 g/mol. The van der Waals surface area contributed by atoms with E-state index in [0.717, 1.165) is 11.4 Å². The average molecular weight is 258 g/mol. The van der Waals surface area contributed by atoms with E-state index in [0.29, 0.717) is 25.1 Å². The van der Waals surface area contributed by atoms with Gasteiger partial charge < -0.3 is 15.6 Å². The first-order valence-electron chi connectivity index (χ1n) is 6.25. The molecule has 0 aliphatic heterocycles. The van der Waals surface area contributed by atoms with Gasteiger partial charge in [0, 0.05) is 24.2 Å². The first kappa shape index (κ1) is 13.4. The van der Waals surface area contributed by atoms with Gasteiger partial charge in [-0.3, -0.25) is 4.98 Å². The first-order valence-corrected chi connectivity index (χ1v) is 6.25. The zero-order valence-electron chi connectivity index (χ0n) is 11.0. The van der Waals surface area contributed by atoms with Crippen LogP contribution < -0.4 is 10.5 Å². The molecule has 100 valence electrons. The lowest BCUT2D eigenvalue weighted by atomic mass is 10.2. The van der Waals surface area contributed by atoms with Gasteiger partial charge in [0.1, 0.15) is 11.5 Å². The largest absolute Gasteiger partial charge is 0.506 e. The summed E-state index contributed by atoms with van der Waals surface area (Å²) in [4.78, 5) is 4.15. The Morgan fingerprint density at radius 1 is 1.32 bits per heavy atom. The third-order valence-corrected chi connectivity index (χ3v) is 2.86. The number of aromatic nitrogens is 1. The Hall–Kier alpha value is -2.07. The first-order chi connectivity index (χ1) is 9.19. The number of hydrogen-bond donors (Lipinski definition) is 2. The summed E-state index contributed by atoms with van der Waals surface area (Å²) < 4.78 is 5.66. The molecule has 4 heteroatoms. The summed E-state index contributed by atoms with van der Waals surface area (Å²) in [6, 6.07) is 9.74. The number of benzene rings is 1. The van der Waals surface area contributed by atoms with Crippen molar-refractivity contribution in [3.8, 4) is 11.5 Å². The lowest BCUT2D eigenvalue weighted by Gasteiger charge is -2.08. The summed E-state index contributed by atoms with van der Waals surface area (Å²) >= 11 is 0. The highest BCUT2D eigenvalue weighted by molar-refractivity contribution is 5.31. The highest BCUT2D eigenvalue weighted by Gasteiger charge is 2.03. The molecule has 0 aliphatic carbocycles. The summed E-state index contributed by atoms with van der Waals surface area (Å²) in [5, 5.41) is 9.50. The molecule has 2 aromatic rings. The molecule has 0 amide bonds. The van der Waals surface area contributed by atoms with Crippen molar-refractivity contribution in [2.45, 2.75) is 19.9 Å². The van der Waals surface area contributed by atoms with Gasteiger partial charge in [-0.05, 0) is 30.7 Å². The van der Waals surface area contributed by atoms with E-state index in [-0.39, 0.29) is 5.75 Å². The van der Waals surface area contributed by atoms with Crippen LogP contribution in [0, 0.1) is 6.92 Å². The second-order valence-electron chi connectivity index (χ2n) is 4.42. The van der Waals surface area contributed by atoms with Crippen molar-refractivity contribution in [1.29, 1.82) is 0 Å². The van der Waals surface area contributed by atoms with Gasteiger partial charge in [0.15, 0.2) is 0 Å². The van der Waals surface area contributed by atoms with Crippen molar-refractivity contribution < 1.29 is 9.84 Å². The fourth-order valence-electron chi connectivity index (χ4n) is 1.82. The Bertz CT molecular complexity index is 556. The summed E-state index contributed by atoms with van der Waals surface area (Å²) in [7, 11) is 0. The van der Waals surface area contributed by atoms with E-state index in [4.69, 9.17) is 10.5 Å². The summed E-state index contributed by atoms with van der Waals surface area (Å²) in [5.41, 5.74) is 8.28. The molecular formula is C15H18N2O2. The molecule has 3 N–H and O–H groups in total. The van der Waals surface area contributed by atoms with Crippen LogP contribution in [0.2, 0.25) is 0 Å². The minimum atomic E-state index is 0.144. The molecule has 0 fully saturated rings. The molecule has 1 heterocycles. The molecular weight excluding hydrogens is 240 g/mol. The molecule has 2 rings (SSSR count). The van der Waals surface area contributed by atoms with Gasteiger partial charge in [-0.25, -0.2) is 0 Å². The molecule has 0 bridgehead atoms. The maximum absolute atomic E-state index is 9.50. The topological polar surface area (TPSA) is 68.4 Å². The zero-order chi connectivity index (χ0) is 13.7. The van der Waals surface area contributed by atoms with Gasteiger partial charge in [-0.15, -0.1) is 0 Å².